The molecular weight excluding hydrogens is 272 g/mol. The molecule has 1 unspecified atom stereocenters. The Morgan fingerprint density at radius 2 is 2.21 bits per heavy atom. The quantitative estimate of drug-likeness (QED) is 0.801. The molecule has 1 atom stereocenters. The highest BCUT2D eigenvalue weighted by Crippen LogP contribution is 2.21. The Hall–Kier alpha value is -0.930. The molecular formula is C11H18N2O5S. The first-order valence-electron chi connectivity index (χ1n) is 5.90. The van der Waals surface area contributed by atoms with Crippen molar-refractivity contribution in [1.29, 1.82) is 0 Å². The summed E-state index contributed by atoms with van der Waals surface area (Å²) in [6.07, 6.45) is -0.0253. The molecule has 0 aliphatic carbocycles. The van der Waals surface area contributed by atoms with E-state index in [1.165, 1.54) is 6.07 Å². The minimum atomic E-state index is -3.78. The van der Waals surface area contributed by atoms with Gasteiger partial charge in [0.2, 0.25) is 5.09 Å². The molecule has 0 spiro atoms. The third kappa shape index (κ3) is 4.02. The lowest BCUT2D eigenvalue weighted by Gasteiger charge is -2.17. The molecule has 1 aliphatic heterocycles. The van der Waals surface area contributed by atoms with Crippen LogP contribution < -0.4 is 10.5 Å². The molecule has 0 aromatic carbocycles. The van der Waals surface area contributed by atoms with Crippen LogP contribution in [0.4, 0.5) is 0 Å². The van der Waals surface area contributed by atoms with Crippen LogP contribution in [0.2, 0.25) is 0 Å². The van der Waals surface area contributed by atoms with Crippen molar-refractivity contribution >= 4 is 10.0 Å². The SMILES string of the molecule is CC1(C)OCC(CNCc2ccc(S(N)(=O)=O)o2)O1. The van der Waals surface area contributed by atoms with Crippen molar-refractivity contribution in [3.8, 4) is 0 Å². The second-order valence-electron chi connectivity index (χ2n) is 4.85. The summed E-state index contributed by atoms with van der Waals surface area (Å²) in [5.74, 6) is -0.0418. The maximum atomic E-state index is 11.0. The number of rotatable bonds is 5. The van der Waals surface area contributed by atoms with Crippen LogP contribution in [0.5, 0.6) is 0 Å². The van der Waals surface area contributed by atoms with Crippen LogP contribution in [0.3, 0.4) is 0 Å². The van der Waals surface area contributed by atoms with Gasteiger partial charge in [-0.15, -0.1) is 0 Å². The normalized spacial score (nSPS) is 22.8. The van der Waals surface area contributed by atoms with E-state index in [1.54, 1.807) is 6.07 Å². The molecule has 3 N–H and O–H groups in total. The number of sulfonamides is 1. The number of furan rings is 1. The Morgan fingerprint density at radius 3 is 2.74 bits per heavy atom. The van der Waals surface area contributed by atoms with Crippen molar-refractivity contribution < 1.29 is 22.3 Å². The van der Waals surface area contributed by atoms with Crippen molar-refractivity contribution in [1.82, 2.24) is 5.32 Å². The number of ether oxygens (including phenoxy) is 2. The summed E-state index contributed by atoms with van der Waals surface area (Å²) in [5, 5.41) is 7.83. The lowest BCUT2D eigenvalue weighted by atomic mass is 10.3. The molecule has 0 amide bonds. The van der Waals surface area contributed by atoms with Crippen LogP contribution in [0.25, 0.3) is 0 Å². The Morgan fingerprint density at radius 1 is 1.47 bits per heavy atom. The molecule has 19 heavy (non-hydrogen) atoms. The molecule has 0 radical (unpaired) electrons. The van der Waals surface area contributed by atoms with E-state index >= 15 is 0 Å². The fourth-order valence-corrected chi connectivity index (χ4v) is 2.31. The number of primary sulfonamides is 1. The molecule has 1 aromatic rings. The van der Waals surface area contributed by atoms with Crippen molar-refractivity contribution in [3.05, 3.63) is 17.9 Å². The van der Waals surface area contributed by atoms with Gasteiger partial charge in [0, 0.05) is 6.54 Å². The average Bonchev–Trinajstić information content (AvgIpc) is 2.85. The number of hydrogen-bond acceptors (Lipinski definition) is 6. The van der Waals surface area contributed by atoms with E-state index < -0.39 is 15.8 Å². The van der Waals surface area contributed by atoms with E-state index in [4.69, 9.17) is 19.0 Å². The third-order valence-corrected chi connectivity index (χ3v) is 3.44. The molecule has 8 heteroatoms. The summed E-state index contributed by atoms with van der Waals surface area (Å²) in [7, 11) is -3.78. The Kier molecular flexibility index (Phi) is 3.98. The highest BCUT2D eigenvalue weighted by atomic mass is 32.2. The highest BCUT2D eigenvalue weighted by Gasteiger charge is 2.32. The van der Waals surface area contributed by atoms with Crippen LogP contribution in [0.1, 0.15) is 19.6 Å². The largest absolute Gasteiger partial charge is 0.447 e. The maximum Gasteiger partial charge on any atom is 0.271 e. The highest BCUT2D eigenvalue weighted by molar-refractivity contribution is 7.89. The minimum Gasteiger partial charge on any atom is -0.447 e. The van der Waals surface area contributed by atoms with Crippen LogP contribution in [0.15, 0.2) is 21.6 Å². The van der Waals surface area contributed by atoms with E-state index in [0.29, 0.717) is 25.5 Å². The van der Waals surface area contributed by atoms with Crippen molar-refractivity contribution in [2.45, 2.75) is 37.4 Å². The van der Waals surface area contributed by atoms with Crippen LogP contribution in [-0.4, -0.2) is 33.5 Å². The minimum absolute atomic E-state index is 0.0253. The van der Waals surface area contributed by atoms with E-state index in [1.807, 2.05) is 13.8 Å². The molecule has 0 saturated carbocycles. The predicted molar refractivity (Wildman–Crippen MR) is 66.7 cm³/mol. The van der Waals surface area contributed by atoms with Crippen LogP contribution in [-0.2, 0) is 26.0 Å². The standard InChI is InChI=1S/C11H18N2O5S/c1-11(2)16-7-9(18-11)6-13-5-8-3-4-10(17-8)19(12,14)15/h3-4,9,13H,5-7H2,1-2H3,(H2,12,14,15). The fraction of sp³-hybridized carbons (Fsp3) is 0.636. The van der Waals surface area contributed by atoms with Crippen LogP contribution >= 0.6 is 0 Å². The number of nitrogens with one attached hydrogen (secondary N) is 1. The first kappa shape index (κ1) is 14.5. The second kappa shape index (κ2) is 5.22. The number of hydrogen-bond donors (Lipinski definition) is 2. The van der Waals surface area contributed by atoms with Gasteiger partial charge in [-0.25, -0.2) is 13.6 Å². The van der Waals surface area contributed by atoms with Crippen molar-refractivity contribution in [3.63, 3.8) is 0 Å². The lowest BCUT2D eigenvalue weighted by Crippen LogP contribution is -2.30. The van der Waals surface area contributed by atoms with Crippen molar-refractivity contribution in [2.24, 2.45) is 5.14 Å². The summed E-state index contributed by atoms with van der Waals surface area (Å²) < 4.78 is 38.2. The molecule has 2 heterocycles. The van der Waals surface area contributed by atoms with Gasteiger partial charge in [0.15, 0.2) is 5.79 Å². The zero-order chi connectivity index (χ0) is 14.1. The number of nitrogens with two attached hydrogens (primary N) is 1. The first-order valence-corrected chi connectivity index (χ1v) is 7.45. The summed E-state index contributed by atoms with van der Waals surface area (Å²) in [5.41, 5.74) is 0. The van der Waals surface area contributed by atoms with Gasteiger partial charge in [0.1, 0.15) is 5.76 Å². The lowest BCUT2D eigenvalue weighted by molar-refractivity contribution is -0.137. The Labute approximate surface area is 112 Å². The zero-order valence-corrected chi connectivity index (χ0v) is 11.7. The van der Waals surface area contributed by atoms with E-state index in [2.05, 4.69) is 5.32 Å². The van der Waals surface area contributed by atoms with Gasteiger partial charge in [-0.1, -0.05) is 0 Å². The topological polar surface area (TPSA) is 104 Å². The Balaban J connectivity index is 1.79. The van der Waals surface area contributed by atoms with Gasteiger partial charge in [0.05, 0.1) is 19.3 Å². The average molecular weight is 290 g/mol. The van der Waals surface area contributed by atoms with Gasteiger partial charge >= 0.3 is 0 Å². The molecule has 1 fully saturated rings. The third-order valence-electron chi connectivity index (χ3n) is 2.66. The van der Waals surface area contributed by atoms with Crippen molar-refractivity contribution in [2.75, 3.05) is 13.2 Å². The molecule has 0 bridgehead atoms. The van der Waals surface area contributed by atoms with Gasteiger partial charge in [0.25, 0.3) is 10.0 Å². The smallest absolute Gasteiger partial charge is 0.271 e. The first-order chi connectivity index (χ1) is 8.76. The summed E-state index contributed by atoms with van der Waals surface area (Å²) >= 11 is 0. The summed E-state index contributed by atoms with van der Waals surface area (Å²) in [6, 6.07) is 2.91. The second-order valence-corrected chi connectivity index (χ2v) is 6.34. The summed E-state index contributed by atoms with van der Waals surface area (Å²) in [4.78, 5) is 0. The van der Waals surface area contributed by atoms with Gasteiger partial charge < -0.3 is 19.2 Å². The van der Waals surface area contributed by atoms with Gasteiger partial charge in [-0.2, -0.15) is 0 Å². The molecule has 1 aliphatic rings. The van der Waals surface area contributed by atoms with Gasteiger partial charge in [-0.05, 0) is 26.0 Å². The van der Waals surface area contributed by atoms with Crippen LogP contribution in [0, 0.1) is 0 Å². The molecule has 1 saturated heterocycles. The van der Waals surface area contributed by atoms with E-state index in [0.717, 1.165) is 0 Å². The van der Waals surface area contributed by atoms with E-state index in [-0.39, 0.29) is 11.2 Å². The monoisotopic (exact) mass is 290 g/mol. The zero-order valence-electron chi connectivity index (χ0n) is 10.9. The van der Waals surface area contributed by atoms with E-state index in [9.17, 15) is 8.42 Å². The summed E-state index contributed by atoms with van der Waals surface area (Å²) in [6.45, 7) is 5.24. The van der Waals surface area contributed by atoms with Gasteiger partial charge in [-0.3, -0.25) is 0 Å². The predicted octanol–water partition coefficient (Wildman–Crippen LogP) is 0.168. The molecule has 1 aromatic heterocycles. The molecule has 108 valence electrons. The molecule has 7 nitrogen and oxygen atoms in total. The molecule has 2 rings (SSSR count). The fourth-order valence-electron chi connectivity index (χ4n) is 1.83. The maximum absolute atomic E-state index is 11.0. The Bertz CT molecular complexity index is 537.